The van der Waals surface area contributed by atoms with Crippen molar-refractivity contribution in [2.24, 2.45) is 5.73 Å². The fraction of sp³-hybridized carbons (Fsp3) is 0.333. The van der Waals surface area contributed by atoms with Gasteiger partial charge in [0.1, 0.15) is 11.6 Å². The molecule has 1 aliphatic rings. The Morgan fingerprint density at radius 1 is 1.03 bits per heavy atom. The van der Waals surface area contributed by atoms with Crippen LogP contribution in [0.15, 0.2) is 60.3 Å². The van der Waals surface area contributed by atoms with Crippen LogP contribution in [0.3, 0.4) is 0 Å². The number of rotatable bonds is 7. The minimum Gasteiger partial charge on any atom is -0.507 e. The summed E-state index contributed by atoms with van der Waals surface area (Å²) in [5, 5.41) is 26.3. The van der Waals surface area contributed by atoms with E-state index in [2.05, 4.69) is 47.9 Å². The van der Waals surface area contributed by atoms with Gasteiger partial charge in [-0.3, -0.25) is 10.3 Å². The second-order valence-electron chi connectivity index (χ2n) is 8.03. The highest BCUT2D eigenvalue weighted by Gasteiger charge is 2.21. The molecule has 0 bridgehead atoms. The van der Waals surface area contributed by atoms with Crippen LogP contribution < -0.4 is 5.73 Å². The molecule has 30 heavy (non-hydrogen) atoms. The molecule has 1 heterocycles. The zero-order chi connectivity index (χ0) is 21.7. The summed E-state index contributed by atoms with van der Waals surface area (Å²) in [6, 6.07) is 15.6. The first kappa shape index (κ1) is 21.6. The first-order chi connectivity index (χ1) is 14.3. The largest absolute Gasteiger partial charge is 0.507 e. The van der Waals surface area contributed by atoms with Gasteiger partial charge < -0.3 is 21.1 Å². The average Bonchev–Trinajstić information content (AvgIpc) is 2.73. The van der Waals surface area contributed by atoms with Crippen LogP contribution in [0, 0.1) is 10.8 Å². The molecule has 0 aliphatic carbocycles. The van der Waals surface area contributed by atoms with E-state index in [4.69, 9.17) is 16.6 Å². The van der Waals surface area contributed by atoms with Crippen LogP contribution in [0.4, 0.5) is 0 Å². The third-order valence-electron chi connectivity index (χ3n) is 5.52. The number of phenolic OH excluding ortho intramolecular Hbond substituents is 1. The summed E-state index contributed by atoms with van der Waals surface area (Å²) in [5.41, 5.74) is 9.59. The van der Waals surface area contributed by atoms with Gasteiger partial charge in [0.2, 0.25) is 0 Å². The van der Waals surface area contributed by atoms with Gasteiger partial charge in [0.25, 0.3) is 0 Å². The Bertz CT molecular complexity index is 925. The van der Waals surface area contributed by atoms with E-state index in [-0.39, 0.29) is 17.3 Å². The molecule has 2 aromatic rings. The van der Waals surface area contributed by atoms with Crippen molar-refractivity contribution in [3.8, 4) is 5.75 Å². The maximum Gasteiger partial charge on any atom is 0.139 e. The zero-order valence-corrected chi connectivity index (χ0v) is 17.7. The summed E-state index contributed by atoms with van der Waals surface area (Å²) in [5.74, 6) is 0.527. The number of nitrogens with zero attached hydrogens (tertiary/aromatic N) is 2. The number of benzene rings is 2. The molecule has 1 saturated heterocycles. The van der Waals surface area contributed by atoms with Gasteiger partial charge in [-0.1, -0.05) is 50.2 Å². The van der Waals surface area contributed by atoms with Crippen LogP contribution in [0.25, 0.3) is 0 Å². The summed E-state index contributed by atoms with van der Waals surface area (Å²) < 4.78 is 0. The van der Waals surface area contributed by atoms with Crippen molar-refractivity contribution in [1.29, 1.82) is 10.8 Å². The molecule has 6 heteroatoms. The van der Waals surface area contributed by atoms with Crippen LogP contribution in [0.5, 0.6) is 5.75 Å². The lowest BCUT2D eigenvalue weighted by Crippen LogP contribution is -2.47. The van der Waals surface area contributed by atoms with Gasteiger partial charge >= 0.3 is 0 Å². The smallest absolute Gasteiger partial charge is 0.139 e. The Kier molecular flexibility index (Phi) is 6.90. The fourth-order valence-electron chi connectivity index (χ4n) is 3.67. The molecule has 0 atom stereocenters. The molecule has 0 radical (unpaired) electrons. The van der Waals surface area contributed by atoms with Crippen LogP contribution in [-0.2, 0) is 6.54 Å². The van der Waals surface area contributed by atoms with Crippen molar-refractivity contribution < 1.29 is 5.11 Å². The number of hydrogen-bond acceptors (Lipinski definition) is 5. The molecule has 158 valence electrons. The predicted octanol–water partition coefficient (Wildman–Crippen LogP) is 3.52. The molecular weight excluding hydrogens is 374 g/mol. The molecule has 0 aromatic heterocycles. The van der Waals surface area contributed by atoms with Gasteiger partial charge in [-0.05, 0) is 35.3 Å². The minimum atomic E-state index is -0.0621. The molecule has 6 nitrogen and oxygen atoms in total. The van der Waals surface area contributed by atoms with E-state index in [1.165, 1.54) is 11.1 Å². The number of hydrogen-bond donors (Lipinski definition) is 4. The summed E-state index contributed by atoms with van der Waals surface area (Å²) in [6.45, 7) is 8.51. The van der Waals surface area contributed by atoms with E-state index < -0.39 is 0 Å². The van der Waals surface area contributed by atoms with Gasteiger partial charge in [0.15, 0.2) is 0 Å². The second-order valence-corrected chi connectivity index (χ2v) is 8.03. The van der Waals surface area contributed by atoms with Gasteiger partial charge in [-0.15, -0.1) is 0 Å². The summed E-state index contributed by atoms with van der Waals surface area (Å²) in [6.07, 6.45) is 1.58. The highest BCUT2D eigenvalue weighted by Crippen LogP contribution is 2.20. The predicted molar refractivity (Wildman–Crippen MR) is 122 cm³/mol. The monoisotopic (exact) mass is 405 g/mol. The number of aromatic hydroxyl groups is 1. The second kappa shape index (κ2) is 9.59. The van der Waals surface area contributed by atoms with E-state index in [0.29, 0.717) is 17.2 Å². The van der Waals surface area contributed by atoms with E-state index in [1.54, 1.807) is 30.3 Å². The van der Waals surface area contributed by atoms with E-state index in [9.17, 15) is 5.11 Å². The number of nitrogens with two attached hydrogens (primary N) is 1. The first-order valence-corrected chi connectivity index (χ1v) is 10.3. The Morgan fingerprint density at radius 2 is 1.67 bits per heavy atom. The Labute approximate surface area is 178 Å². The van der Waals surface area contributed by atoms with Crippen LogP contribution in [0.1, 0.15) is 36.5 Å². The molecule has 5 N–H and O–H groups in total. The van der Waals surface area contributed by atoms with Crippen LogP contribution in [-0.4, -0.2) is 52.6 Å². The average molecular weight is 406 g/mol. The van der Waals surface area contributed by atoms with Gasteiger partial charge in [0.05, 0.1) is 11.4 Å². The van der Waals surface area contributed by atoms with Crippen LogP contribution >= 0.6 is 0 Å². The van der Waals surface area contributed by atoms with Gasteiger partial charge in [0, 0.05) is 38.3 Å². The molecule has 0 amide bonds. The molecule has 2 aromatic carbocycles. The van der Waals surface area contributed by atoms with Gasteiger partial charge in [-0.2, -0.15) is 0 Å². The summed E-state index contributed by atoms with van der Waals surface area (Å²) in [4.78, 5) is 4.45. The fourth-order valence-corrected chi connectivity index (χ4v) is 3.67. The molecule has 3 rings (SSSR count). The molecule has 1 aliphatic heterocycles. The highest BCUT2D eigenvalue weighted by molar-refractivity contribution is 6.12. The van der Waals surface area contributed by atoms with E-state index >= 15 is 0 Å². The Hall–Kier alpha value is -3.12. The number of amidine groups is 1. The van der Waals surface area contributed by atoms with Crippen molar-refractivity contribution in [1.82, 2.24) is 9.80 Å². The van der Waals surface area contributed by atoms with Gasteiger partial charge in [-0.25, -0.2) is 0 Å². The molecule has 0 spiro atoms. The number of nitrogens with one attached hydrogen (secondary N) is 2. The third kappa shape index (κ3) is 5.27. The molecule has 0 saturated carbocycles. The first-order valence-electron chi connectivity index (χ1n) is 10.3. The van der Waals surface area contributed by atoms with E-state index in [1.807, 2.05) is 0 Å². The normalized spacial score (nSPS) is 15.4. The summed E-state index contributed by atoms with van der Waals surface area (Å²) in [7, 11) is 0. The third-order valence-corrected chi connectivity index (χ3v) is 5.52. The Morgan fingerprint density at radius 3 is 2.23 bits per heavy atom. The van der Waals surface area contributed by atoms with Crippen molar-refractivity contribution in [3.63, 3.8) is 0 Å². The number of allylic oxidation sites excluding steroid dienone is 1. The maximum absolute atomic E-state index is 9.99. The minimum absolute atomic E-state index is 0.0509. The standard InChI is InChI=1S/C24H31N5O/c1-17(2)19-9-7-18(8-10-19)16-28-11-13-29(14-12-28)22(24(26)27)15-21(25)20-5-3-4-6-23(20)30/h3-10,15,17,25,30H,11-14,16H2,1-2H3,(H3,26,27)/b22-15+,25-21?. The van der Waals surface area contributed by atoms with Crippen molar-refractivity contribution in [2.75, 3.05) is 26.2 Å². The lowest BCUT2D eigenvalue weighted by molar-refractivity contribution is 0.157. The molecular formula is C24H31N5O. The van der Waals surface area contributed by atoms with Crippen LogP contribution in [0.2, 0.25) is 0 Å². The SMILES string of the molecule is CC(C)c1ccc(CN2CCN(/C(=C/C(=N)c3ccccc3O)C(=N)N)CC2)cc1. The van der Waals surface area contributed by atoms with Crippen molar-refractivity contribution in [2.45, 2.75) is 26.3 Å². The lowest BCUT2D eigenvalue weighted by Gasteiger charge is -2.37. The quantitative estimate of drug-likeness (QED) is 0.418. The topological polar surface area (TPSA) is 100 Å². The number of phenols is 1. The zero-order valence-electron chi connectivity index (χ0n) is 17.7. The maximum atomic E-state index is 9.99. The number of piperazine rings is 1. The number of para-hydroxylation sites is 1. The molecule has 1 fully saturated rings. The Balaban J connectivity index is 1.63. The highest BCUT2D eigenvalue weighted by atomic mass is 16.3. The van der Waals surface area contributed by atoms with E-state index in [0.717, 1.165) is 32.7 Å². The summed E-state index contributed by atoms with van der Waals surface area (Å²) >= 11 is 0. The lowest BCUT2D eigenvalue weighted by atomic mass is 10.0. The van der Waals surface area contributed by atoms with Crippen molar-refractivity contribution in [3.05, 3.63) is 77.0 Å². The molecule has 0 unspecified atom stereocenters. The van der Waals surface area contributed by atoms with Crippen molar-refractivity contribution >= 4 is 11.5 Å².